The number of hydrogen-bond acceptors (Lipinski definition) is 5. The number of carbonyl (C=O) groups is 1. The van der Waals surface area contributed by atoms with Gasteiger partial charge < -0.3 is 16.0 Å². The number of anilines is 2. The van der Waals surface area contributed by atoms with E-state index in [2.05, 4.69) is 57.3 Å². The van der Waals surface area contributed by atoms with Gasteiger partial charge >= 0.3 is 0 Å². The van der Waals surface area contributed by atoms with Crippen molar-refractivity contribution in [2.75, 3.05) is 30.8 Å². The maximum Gasteiger partial charge on any atom is 0.255 e. The van der Waals surface area contributed by atoms with Gasteiger partial charge in [0.25, 0.3) is 5.91 Å². The highest BCUT2D eigenvalue weighted by Crippen LogP contribution is 2.42. The molecule has 0 spiro atoms. The van der Waals surface area contributed by atoms with E-state index in [1.165, 1.54) is 11.1 Å². The largest absolute Gasteiger partial charge is 0.354 e. The van der Waals surface area contributed by atoms with Gasteiger partial charge in [-0.05, 0) is 80.7 Å². The Morgan fingerprint density at radius 1 is 0.973 bits per heavy atom. The third kappa shape index (κ3) is 5.70. The zero-order chi connectivity index (χ0) is 25.6. The Labute approximate surface area is 218 Å². The fourth-order valence-electron chi connectivity index (χ4n) is 4.93. The van der Waals surface area contributed by atoms with E-state index in [1.807, 2.05) is 56.6 Å². The van der Waals surface area contributed by atoms with E-state index in [4.69, 9.17) is 4.98 Å². The first-order chi connectivity index (χ1) is 18.1. The second-order valence-electron chi connectivity index (χ2n) is 9.59. The topological polar surface area (TPSA) is 78.9 Å². The molecule has 1 unspecified atom stereocenters. The standard InChI is InChI=1S/C31H33N5O/c1-21-8-7-9-23(18-21)30(37)35-25-14-12-22(13-15-25)28-19-24-20-34-31(33-17-6-5-16-32-2)36-29(24)27-11-4-3-10-26(27)28/h3-4,7-15,18,20,28,32H,5-6,16-17,19H2,1-2H3,(H,35,37)(H,33,34,36). The molecule has 3 N–H and O–H groups in total. The summed E-state index contributed by atoms with van der Waals surface area (Å²) in [5.74, 6) is 0.788. The molecule has 0 radical (unpaired) electrons. The molecule has 4 aromatic rings. The lowest BCUT2D eigenvalue weighted by Gasteiger charge is -2.27. The van der Waals surface area contributed by atoms with E-state index < -0.39 is 0 Å². The molecule has 0 bridgehead atoms. The first kappa shape index (κ1) is 24.7. The minimum atomic E-state index is -0.100. The number of nitrogens with one attached hydrogen (secondary N) is 3. The van der Waals surface area contributed by atoms with Crippen LogP contribution < -0.4 is 16.0 Å². The molecule has 37 heavy (non-hydrogen) atoms. The number of carbonyl (C=O) groups excluding carboxylic acids is 1. The second-order valence-corrected chi connectivity index (χ2v) is 9.59. The van der Waals surface area contributed by atoms with Gasteiger partial charge in [-0.1, -0.05) is 54.1 Å². The van der Waals surface area contributed by atoms with Crippen molar-refractivity contribution in [3.8, 4) is 11.3 Å². The highest BCUT2D eigenvalue weighted by Gasteiger charge is 2.27. The lowest BCUT2D eigenvalue weighted by atomic mass is 9.78. The van der Waals surface area contributed by atoms with Crippen LogP contribution in [0, 0.1) is 6.92 Å². The van der Waals surface area contributed by atoms with Crippen LogP contribution in [0.5, 0.6) is 0 Å². The van der Waals surface area contributed by atoms with Crippen LogP contribution in [0.1, 0.15) is 51.4 Å². The lowest BCUT2D eigenvalue weighted by molar-refractivity contribution is 0.102. The number of aryl methyl sites for hydroxylation is 1. The number of benzene rings is 3. The fraction of sp³-hybridized carbons (Fsp3) is 0.258. The molecule has 0 saturated carbocycles. The molecule has 1 amide bonds. The average molecular weight is 492 g/mol. The Morgan fingerprint density at radius 3 is 2.59 bits per heavy atom. The van der Waals surface area contributed by atoms with Gasteiger partial charge in [-0.15, -0.1) is 0 Å². The van der Waals surface area contributed by atoms with Crippen molar-refractivity contribution in [3.63, 3.8) is 0 Å². The molecule has 188 valence electrons. The lowest BCUT2D eigenvalue weighted by Crippen LogP contribution is -2.16. The molecule has 5 rings (SSSR count). The Hall–Kier alpha value is -4.03. The summed E-state index contributed by atoms with van der Waals surface area (Å²) in [5, 5.41) is 9.57. The molecule has 1 aliphatic rings. The van der Waals surface area contributed by atoms with Gasteiger partial charge in [0.1, 0.15) is 0 Å². The minimum Gasteiger partial charge on any atom is -0.354 e. The molecular weight excluding hydrogens is 458 g/mol. The SMILES string of the molecule is CNCCCCNc1ncc2c(n1)-c1ccccc1C(c1ccc(NC(=O)c3cccc(C)c3)cc1)C2. The van der Waals surface area contributed by atoms with E-state index in [9.17, 15) is 4.79 Å². The molecule has 6 nitrogen and oxygen atoms in total. The zero-order valence-electron chi connectivity index (χ0n) is 21.4. The summed E-state index contributed by atoms with van der Waals surface area (Å²) < 4.78 is 0. The van der Waals surface area contributed by atoms with Gasteiger partial charge in [-0.3, -0.25) is 4.79 Å². The Morgan fingerprint density at radius 2 is 1.78 bits per heavy atom. The molecule has 1 heterocycles. The molecule has 6 heteroatoms. The third-order valence-electron chi connectivity index (χ3n) is 6.87. The van der Waals surface area contributed by atoms with Crippen LogP contribution in [0.15, 0.2) is 79.0 Å². The maximum absolute atomic E-state index is 12.7. The van der Waals surface area contributed by atoms with Crippen molar-refractivity contribution in [2.45, 2.75) is 32.1 Å². The van der Waals surface area contributed by atoms with Crippen LogP contribution in [0.25, 0.3) is 11.3 Å². The second kappa shape index (κ2) is 11.4. The summed E-state index contributed by atoms with van der Waals surface area (Å²) in [6.07, 6.45) is 5.00. The normalized spacial score (nSPS) is 13.9. The quantitative estimate of drug-likeness (QED) is 0.258. The van der Waals surface area contributed by atoms with Gasteiger partial charge in [-0.2, -0.15) is 0 Å². The van der Waals surface area contributed by atoms with Crippen molar-refractivity contribution in [2.24, 2.45) is 0 Å². The first-order valence-corrected chi connectivity index (χ1v) is 12.9. The molecule has 1 atom stereocenters. The molecule has 0 saturated heterocycles. The Kier molecular flexibility index (Phi) is 7.57. The van der Waals surface area contributed by atoms with Crippen LogP contribution in [0.2, 0.25) is 0 Å². The van der Waals surface area contributed by atoms with Crippen molar-refractivity contribution in [1.82, 2.24) is 15.3 Å². The molecule has 1 aromatic heterocycles. The molecular formula is C31H33N5O. The average Bonchev–Trinajstić information content (AvgIpc) is 2.93. The fourth-order valence-corrected chi connectivity index (χ4v) is 4.93. The predicted molar refractivity (Wildman–Crippen MR) is 150 cm³/mol. The third-order valence-corrected chi connectivity index (χ3v) is 6.87. The number of aromatic nitrogens is 2. The summed E-state index contributed by atoms with van der Waals surface area (Å²) in [7, 11) is 1.98. The maximum atomic E-state index is 12.7. The van der Waals surface area contributed by atoms with E-state index in [-0.39, 0.29) is 11.8 Å². The van der Waals surface area contributed by atoms with Gasteiger partial charge in [0, 0.05) is 35.5 Å². The van der Waals surface area contributed by atoms with Crippen LogP contribution >= 0.6 is 0 Å². The summed E-state index contributed by atoms with van der Waals surface area (Å²) in [4.78, 5) is 22.2. The van der Waals surface area contributed by atoms with Gasteiger partial charge in [-0.25, -0.2) is 9.97 Å². The van der Waals surface area contributed by atoms with Crippen LogP contribution in [-0.4, -0.2) is 36.0 Å². The number of amides is 1. The monoisotopic (exact) mass is 491 g/mol. The Balaban J connectivity index is 1.33. The van der Waals surface area contributed by atoms with Gasteiger partial charge in [0.15, 0.2) is 0 Å². The van der Waals surface area contributed by atoms with Crippen LogP contribution in [0.4, 0.5) is 11.6 Å². The number of hydrogen-bond donors (Lipinski definition) is 3. The Bertz CT molecular complexity index is 1380. The number of fused-ring (bicyclic) bond motifs is 3. The molecule has 3 aromatic carbocycles. The van der Waals surface area contributed by atoms with Crippen molar-refractivity contribution >= 4 is 17.5 Å². The summed E-state index contributed by atoms with van der Waals surface area (Å²) in [6.45, 7) is 3.86. The minimum absolute atomic E-state index is 0.100. The van der Waals surface area contributed by atoms with E-state index in [0.29, 0.717) is 11.5 Å². The van der Waals surface area contributed by atoms with E-state index in [0.717, 1.165) is 60.4 Å². The number of rotatable bonds is 9. The van der Waals surface area contributed by atoms with Gasteiger partial charge in [0.05, 0.1) is 5.69 Å². The predicted octanol–water partition coefficient (Wildman–Crippen LogP) is 5.80. The molecule has 0 fully saturated rings. The zero-order valence-corrected chi connectivity index (χ0v) is 21.4. The van der Waals surface area contributed by atoms with Crippen LogP contribution in [-0.2, 0) is 6.42 Å². The van der Waals surface area contributed by atoms with E-state index in [1.54, 1.807) is 0 Å². The smallest absolute Gasteiger partial charge is 0.255 e. The van der Waals surface area contributed by atoms with Crippen LogP contribution in [0.3, 0.4) is 0 Å². The van der Waals surface area contributed by atoms with Crippen molar-refractivity contribution < 1.29 is 4.79 Å². The molecule has 1 aliphatic carbocycles. The molecule has 0 aliphatic heterocycles. The van der Waals surface area contributed by atoms with Crippen molar-refractivity contribution in [1.29, 1.82) is 0 Å². The summed E-state index contributed by atoms with van der Waals surface area (Å²) in [5.41, 5.74) is 8.32. The summed E-state index contributed by atoms with van der Waals surface area (Å²) in [6, 6.07) is 24.3. The summed E-state index contributed by atoms with van der Waals surface area (Å²) >= 11 is 0. The first-order valence-electron chi connectivity index (χ1n) is 12.9. The number of unbranched alkanes of at least 4 members (excludes halogenated alkanes) is 1. The highest BCUT2D eigenvalue weighted by atomic mass is 16.1. The van der Waals surface area contributed by atoms with Gasteiger partial charge in [0.2, 0.25) is 5.95 Å². The van der Waals surface area contributed by atoms with E-state index >= 15 is 0 Å². The number of nitrogens with zero attached hydrogens (tertiary/aromatic N) is 2. The highest BCUT2D eigenvalue weighted by molar-refractivity contribution is 6.04. The van der Waals surface area contributed by atoms with Crippen molar-refractivity contribution in [3.05, 3.63) is 107 Å².